The fraction of sp³-hybridized carbons (Fsp3) is 0.0714. The van der Waals surface area contributed by atoms with Gasteiger partial charge in [-0.2, -0.15) is 0 Å². The summed E-state index contributed by atoms with van der Waals surface area (Å²) >= 11 is 8.59. The Labute approximate surface area is 231 Å². The third-order valence-electron chi connectivity index (χ3n) is 5.79. The number of amides is 1. The number of carbonyl (C=O) groups excluding carboxylic acids is 2. The van der Waals surface area contributed by atoms with Gasteiger partial charge in [-0.1, -0.05) is 95.4 Å². The Hall–Kier alpha value is -3.92. The van der Waals surface area contributed by atoms with Gasteiger partial charge in [-0.25, -0.2) is 0 Å². The van der Waals surface area contributed by atoms with Crippen molar-refractivity contribution in [1.29, 1.82) is 0 Å². The Balaban J connectivity index is 1.45. The van der Waals surface area contributed by atoms with Crippen LogP contribution in [0.5, 0.6) is 5.75 Å². The Morgan fingerprint density at radius 1 is 1.00 bits per heavy atom. The van der Waals surface area contributed by atoms with Crippen molar-refractivity contribution in [3.8, 4) is 5.75 Å². The van der Waals surface area contributed by atoms with Crippen LogP contribution in [0.4, 0.5) is 5.13 Å². The molecule has 2 heterocycles. The first kappa shape index (κ1) is 25.7. The normalized spacial score (nSPS) is 15.6. The molecule has 0 radical (unpaired) electrons. The second-order valence-electron chi connectivity index (χ2n) is 8.31. The number of aromatic nitrogens is 2. The number of rotatable bonds is 8. The van der Waals surface area contributed by atoms with Crippen molar-refractivity contribution < 1.29 is 19.8 Å². The second-order valence-corrected chi connectivity index (χ2v) is 10.9. The molecule has 0 spiro atoms. The Morgan fingerprint density at radius 2 is 1.71 bits per heavy atom. The van der Waals surface area contributed by atoms with E-state index in [0.29, 0.717) is 20.7 Å². The number of phenolic OH excluding ortho intramolecular Hbond substituents is 1. The van der Waals surface area contributed by atoms with Gasteiger partial charge in [0.15, 0.2) is 15.9 Å². The maximum absolute atomic E-state index is 13.3. The van der Waals surface area contributed by atoms with E-state index in [1.165, 1.54) is 46.2 Å². The molecule has 3 aromatic carbocycles. The number of aliphatic hydroxyl groups excluding tert-OH is 1. The molecule has 1 aliphatic rings. The van der Waals surface area contributed by atoms with E-state index in [1.807, 2.05) is 54.6 Å². The van der Waals surface area contributed by atoms with Crippen LogP contribution >= 0.6 is 34.7 Å². The summed E-state index contributed by atoms with van der Waals surface area (Å²) < 4.78 is 0.621. The molecular formula is C28H20ClN3O4S2. The summed E-state index contributed by atoms with van der Waals surface area (Å²) in [5.41, 5.74) is 2.31. The number of hydrogen-bond donors (Lipinski definition) is 2. The Morgan fingerprint density at radius 3 is 2.42 bits per heavy atom. The predicted octanol–water partition coefficient (Wildman–Crippen LogP) is 6.37. The molecular weight excluding hydrogens is 542 g/mol. The summed E-state index contributed by atoms with van der Waals surface area (Å²) in [5.74, 6) is -1.24. The number of thioether (sulfide) groups is 1. The van der Waals surface area contributed by atoms with Crippen LogP contribution < -0.4 is 4.90 Å². The summed E-state index contributed by atoms with van der Waals surface area (Å²) in [4.78, 5) is 27.9. The molecule has 1 atom stereocenters. The SMILES string of the molecule is O=C(C=Cc1ccccc1)C1=C(O)C(=O)N(c2nnc(SCc3ccc(Cl)cc3)s2)C1c1ccc(O)cc1. The minimum Gasteiger partial charge on any atom is -0.508 e. The second kappa shape index (κ2) is 11.2. The van der Waals surface area contributed by atoms with E-state index in [1.54, 1.807) is 18.2 Å². The highest BCUT2D eigenvalue weighted by Gasteiger charge is 2.45. The van der Waals surface area contributed by atoms with E-state index >= 15 is 0 Å². The molecule has 0 saturated carbocycles. The van der Waals surface area contributed by atoms with Crippen molar-refractivity contribution in [1.82, 2.24) is 10.2 Å². The molecule has 0 saturated heterocycles. The van der Waals surface area contributed by atoms with Gasteiger partial charge in [0.05, 0.1) is 11.6 Å². The van der Waals surface area contributed by atoms with Crippen LogP contribution in [0.3, 0.4) is 0 Å². The van der Waals surface area contributed by atoms with Crippen LogP contribution in [-0.4, -0.2) is 32.1 Å². The molecule has 1 aromatic heterocycles. The number of anilines is 1. The first-order chi connectivity index (χ1) is 18.4. The zero-order valence-electron chi connectivity index (χ0n) is 19.7. The van der Waals surface area contributed by atoms with Crippen molar-refractivity contribution in [2.45, 2.75) is 16.1 Å². The largest absolute Gasteiger partial charge is 0.508 e. The number of phenols is 1. The van der Waals surface area contributed by atoms with Crippen molar-refractivity contribution in [2.75, 3.05) is 4.90 Å². The molecule has 5 rings (SSSR count). The Kier molecular flexibility index (Phi) is 7.59. The number of allylic oxidation sites excluding steroid dienone is 1. The Bertz CT molecular complexity index is 1530. The quantitative estimate of drug-likeness (QED) is 0.146. The zero-order valence-corrected chi connectivity index (χ0v) is 22.1. The summed E-state index contributed by atoms with van der Waals surface area (Å²) in [5, 5.41) is 30.0. The lowest BCUT2D eigenvalue weighted by atomic mass is 9.95. The van der Waals surface area contributed by atoms with Gasteiger partial charge in [0.2, 0.25) is 5.13 Å². The highest BCUT2D eigenvalue weighted by molar-refractivity contribution is 8.00. The highest BCUT2D eigenvalue weighted by Crippen LogP contribution is 2.43. The van der Waals surface area contributed by atoms with Crippen LogP contribution in [0.25, 0.3) is 6.08 Å². The van der Waals surface area contributed by atoms with Crippen molar-refractivity contribution in [3.63, 3.8) is 0 Å². The summed E-state index contributed by atoms with van der Waals surface area (Å²) in [6.07, 6.45) is 2.96. The first-order valence-electron chi connectivity index (χ1n) is 11.4. The molecule has 10 heteroatoms. The van der Waals surface area contributed by atoms with Gasteiger partial charge in [-0.15, -0.1) is 10.2 Å². The number of aliphatic hydroxyl groups is 1. The average Bonchev–Trinajstić information content (AvgIpc) is 3.50. The fourth-order valence-electron chi connectivity index (χ4n) is 3.94. The summed E-state index contributed by atoms with van der Waals surface area (Å²) in [6.45, 7) is 0. The van der Waals surface area contributed by atoms with Crippen molar-refractivity contribution in [2.24, 2.45) is 0 Å². The topological polar surface area (TPSA) is 104 Å². The maximum atomic E-state index is 13.3. The molecule has 0 fully saturated rings. The molecule has 1 unspecified atom stereocenters. The zero-order chi connectivity index (χ0) is 26.6. The monoisotopic (exact) mass is 561 g/mol. The number of halogens is 1. The van der Waals surface area contributed by atoms with E-state index in [-0.39, 0.29) is 16.5 Å². The van der Waals surface area contributed by atoms with E-state index in [9.17, 15) is 19.8 Å². The number of ketones is 1. The van der Waals surface area contributed by atoms with Gasteiger partial charge >= 0.3 is 0 Å². The molecule has 0 bridgehead atoms. The van der Waals surface area contributed by atoms with E-state index in [0.717, 1.165) is 11.1 Å². The van der Waals surface area contributed by atoms with Crippen LogP contribution in [0.1, 0.15) is 22.7 Å². The van der Waals surface area contributed by atoms with Gasteiger partial charge in [0, 0.05) is 10.8 Å². The smallest absolute Gasteiger partial charge is 0.296 e. The van der Waals surface area contributed by atoms with Crippen LogP contribution in [0.15, 0.2) is 101 Å². The third-order valence-corrected chi connectivity index (χ3v) is 8.17. The summed E-state index contributed by atoms with van der Waals surface area (Å²) in [6, 6.07) is 21.9. The van der Waals surface area contributed by atoms with Crippen molar-refractivity contribution >= 4 is 57.6 Å². The maximum Gasteiger partial charge on any atom is 0.296 e. The summed E-state index contributed by atoms with van der Waals surface area (Å²) in [7, 11) is 0. The van der Waals surface area contributed by atoms with Crippen molar-refractivity contribution in [3.05, 3.63) is 118 Å². The van der Waals surface area contributed by atoms with Crippen LogP contribution in [-0.2, 0) is 15.3 Å². The number of aromatic hydroxyl groups is 1. The molecule has 4 aromatic rings. The van der Waals surface area contributed by atoms with Gasteiger partial charge in [-0.3, -0.25) is 14.5 Å². The van der Waals surface area contributed by atoms with E-state index in [2.05, 4.69) is 10.2 Å². The molecule has 1 aliphatic heterocycles. The number of hydrogen-bond acceptors (Lipinski definition) is 8. The van der Waals surface area contributed by atoms with Gasteiger partial charge in [-0.05, 0) is 47.0 Å². The lowest BCUT2D eigenvalue weighted by Gasteiger charge is -2.23. The minimum atomic E-state index is -0.946. The average molecular weight is 562 g/mol. The fourth-order valence-corrected chi connectivity index (χ4v) is 5.89. The third kappa shape index (κ3) is 5.50. The highest BCUT2D eigenvalue weighted by atomic mass is 35.5. The van der Waals surface area contributed by atoms with Crippen LogP contribution in [0.2, 0.25) is 5.02 Å². The first-order valence-corrected chi connectivity index (χ1v) is 13.6. The lowest BCUT2D eigenvalue weighted by Crippen LogP contribution is -2.30. The molecule has 0 aliphatic carbocycles. The molecule has 1 amide bonds. The molecule has 7 nitrogen and oxygen atoms in total. The van der Waals surface area contributed by atoms with Gasteiger partial charge < -0.3 is 10.2 Å². The van der Waals surface area contributed by atoms with E-state index < -0.39 is 23.5 Å². The lowest BCUT2D eigenvalue weighted by molar-refractivity contribution is -0.117. The van der Waals surface area contributed by atoms with E-state index in [4.69, 9.17) is 11.6 Å². The standard InChI is InChI=1S/C28H20ClN3O4S2/c29-20-11-6-18(7-12-20)16-37-28-31-30-27(38-28)32-24(19-9-13-21(33)14-10-19)23(25(35)26(32)36)22(34)15-8-17-4-2-1-3-5-17/h1-15,24,33,35H,16H2. The number of benzene rings is 3. The predicted molar refractivity (Wildman–Crippen MR) is 149 cm³/mol. The molecule has 38 heavy (non-hydrogen) atoms. The van der Waals surface area contributed by atoms with Gasteiger partial charge in [0.1, 0.15) is 5.75 Å². The molecule has 2 N–H and O–H groups in total. The number of nitrogens with zero attached hydrogens (tertiary/aromatic N) is 3. The van der Waals surface area contributed by atoms with Crippen LogP contribution in [0, 0.1) is 0 Å². The molecule has 190 valence electrons. The van der Waals surface area contributed by atoms with Gasteiger partial charge in [0.25, 0.3) is 5.91 Å². The number of carbonyl (C=O) groups is 2. The minimum absolute atomic E-state index is 0.0338.